The van der Waals surface area contributed by atoms with E-state index in [-0.39, 0.29) is 35.7 Å². The molecular weight excluding hydrogens is 1050 g/mol. The fourth-order valence-corrected chi connectivity index (χ4v) is 9.93. The van der Waals surface area contributed by atoms with Crippen molar-refractivity contribution < 1.29 is 24.1 Å². The fraction of sp³-hybridized carbons (Fsp3) is 0.380. The number of ether oxygens (including phenoxy) is 3. The van der Waals surface area contributed by atoms with E-state index in [1.807, 2.05) is 24.3 Å². The molecule has 6 aliphatic carbocycles. The van der Waals surface area contributed by atoms with Gasteiger partial charge in [-0.3, -0.25) is 4.79 Å². The molecule has 12 rings (SSSR count). The van der Waals surface area contributed by atoms with E-state index in [0.717, 1.165) is 64.5 Å². The summed E-state index contributed by atoms with van der Waals surface area (Å²) in [5.74, 6) is 2.24. The number of nitriles is 4. The normalized spacial score (nSPS) is 22.3. The van der Waals surface area contributed by atoms with Crippen LogP contribution in [0.3, 0.4) is 0 Å². The number of carbonyl (C=O) groups is 1. The summed E-state index contributed by atoms with van der Waals surface area (Å²) in [5, 5.41) is 44.2. The van der Waals surface area contributed by atoms with E-state index in [1.165, 1.54) is 55.6 Å². The first-order valence-corrected chi connectivity index (χ1v) is 29.4. The molecule has 6 aromatic rings. The number of Topliss-reactive ketones (excluding diaryl/α,β-unsaturated/α-hetero) is 1. The minimum Gasteiger partial charge on any atom is -0.393 e. The number of aliphatic hydroxyl groups excluding tert-OH is 1. The Balaban J connectivity index is 0.000000152. The molecule has 0 radical (unpaired) electrons. The molecule has 6 fully saturated rings. The monoisotopic (exact) mass is 1120 g/mol. The van der Waals surface area contributed by atoms with Crippen LogP contribution in [0.4, 0.5) is 0 Å². The highest BCUT2D eigenvalue weighted by atomic mass is 32.1. The van der Waals surface area contributed by atoms with E-state index >= 15 is 0 Å². The van der Waals surface area contributed by atoms with E-state index in [1.54, 1.807) is 0 Å². The molecule has 0 unspecified atom stereocenters. The summed E-state index contributed by atoms with van der Waals surface area (Å²) in [6.45, 7) is 7.33. The molecule has 0 amide bonds. The van der Waals surface area contributed by atoms with E-state index < -0.39 is 0 Å². The highest BCUT2D eigenvalue weighted by molar-refractivity contribution is 7.78. The summed E-state index contributed by atoms with van der Waals surface area (Å²) in [6.07, 6.45) is 11.3. The van der Waals surface area contributed by atoms with Crippen molar-refractivity contribution in [2.24, 2.45) is 46.2 Å². The van der Waals surface area contributed by atoms with Gasteiger partial charge >= 0.3 is 0 Å². The van der Waals surface area contributed by atoms with E-state index in [9.17, 15) is 4.79 Å². The summed E-state index contributed by atoms with van der Waals surface area (Å²) in [4.78, 5) is 14.1. The molecule has 11 nitrogen and oxygen atoms in total. The maximum atomic E-state index is 10.1. The SMILES string of the molecule is C=C1CC(C#N)C1.N#CC1CC(=O)C1.N#CC1CC(O)C1.N#CC1CC(OCc2ccc(-c3ccccc3)cc2)C1.NCC1CC(OCc2ccc(-c3ccccc3)cc2)C1.S=C=NCC1CC(OCc2ccc(-c3ccccc3)cc2)C1. The molecule has 6 aliphatic rings. The standard InChI is InChI=1S/C19H19NOS.C18H21NO.C18H17NO.C6H7N.C5H7NO.C5H5NO/c22-14-20-12-16-10-19(11-16)21-13-15-6-8-18(9-7-15)17-4-2-1-3-5-17;2*19-12-15-10-18(11-15)20-13-14-6-8-17(9-7-14)16-4-2-1-3-5-16;1-5-2-6(3-5)4-7;2*6-3-4-1-5(7)2-4/h1-9,16,19H,10-13H2;1-9,15,18H,10-13,19H2;1-9,15,18H,10-11,13H2;6H,1-3H2;4-5,7H,1-2H2;4H,1-2H2. The maximum absolute atomic E-state index is 10.1. The molecule has 426 valence electrons. The lowest BCUT2D eigenvalue weighted by Gasteiger charge is -2.34. The lowest BCUT2D eigenvalue weighted by Crippen LogP contribution is -2.35. The summed E-state index contributed by atoms with van der Waals surface area (Å²) in [5.41, 5.74) is 17.9. The Morgan fingerprint density at radius 2 is 0.795 bits per heavy atom. The predicted octanol–water partition coefficient (Wildman–Crippen LogP) is 14.8. The molecule has 0 bridgehead atoms. The first-order chi connectivity index (χ1) is 40.5. The largest absolute Gasteiger partial charge is 0.393 e. The molecule has 0 aromatic heterocycles. The molecule has 3 N–H and O–H groups in total. The molecule has 0 saturated heterocycles. The molecule has 12 heteroatoms. The Bertz CT molecular complexity index is 3090. The molecule has 0 heterocycles. The Hall–Kier alpha value is -7.71. The second kappa shape index (κ2) is 34.0. The minimum absolute atomic E-state index is 0.0486. The highest BCUT2D eigenvalue weighted by Gasteiger charge is 2.31. The summed E-state index contributed by atoms with van der Waals surface area (Å²) < 4.78 is 17.6. The van der Waals surface area contributed by atoms with Crippen LogP contribution < -0.4 is 5.73 Å². The number of nitrogens with two attached hydrogens (primary N) is 1. The van der Waals surface area contributed by atoms with Crippen molar-refractivity contribution in [3.05, 3.63) is 193 Å². The summed E-state index contributed by atoms with van der Waals surface area (Å²) in [7, 11) is 0. The third-order valence-electron chi connectivity index (χ3n) is 15.7. The maximum Gasteiger partial charge on any atom is 0.135 e. The molecule has 83 heavy (non-hydrogen) atoms. The Morgan fingerprint density at radius 1 is 0.470 bits per heavy atom. The van der Waals surface area contributed by atoms with Gasteiger partial charge < -0.3 is 25.1 Å². The van der Waals surface area contributed by atoms with E-state index in [2.05, 4.69) is 193 Å². The lowest BCUT2D eigenvalue weighted by molar-refractivity contribution is -0.125. The van der Waals surface area contributed by atoms with Crippen LogP contribution in [-0.2, 0) is 38.8 Å². The van der Waals surface area contributed by atoms with Crippen LogP contribution in [0.25, 0.3) is 33.4 Å². The quantitative estimate of drug-likeness (QED) is 0.0563. The Kier molecular flexibility index (Phi) is 25.8. The van der Waals surface area contributed by atoms with Gasteiger partial charge in [0.05, 0.1) is 104 Å². The smallest absolute Gasteiger partial charge is 0.135 e. The second-order valence-electron chi connectivity index (χ2n) is 22.3. The number of aliphatic hydroxyl groups is 1. The van der Waals surface area contributed by atoms with Crippen LogP contribution >= 0.6 is 12.2 Å². The van der Waals surface area contributed by atoms with Gasteiger partial charge in [0.1, 0.15) is 5.78 Å². The highest BCUT2D eigenvalue weighted by Crippen LogP contribution is 2.34. The van der Waals surface area contributed by atoms with Gasteiger partial charge in [0.25, 0.3) is 0 Å². The third-order valence-corrected chi connectivity index (χ3v) is 15.9. The lowest BCUT2D eigenvalue weighted by atomic mass is 9.82. The summed E-state index contributed by atoms with van der Waals surface area (Å²) >= 11 is 4.58. The van der Waals surface area contributed by atoms with Gasteiger partial charge in [0.2, 0.25) is 0 Å². The molecule has 0 atom stereocenters. The van der Waals surface area contributed by atoms with Crippen LogP contribution in [0, 0.1) is 80.8 Å². The van der Waals surface area contributed by atoms with Crippen LogP contribution in [-0.4, -0.2) is 53.6 Å². The molecule has 6 aromatic carbocycles. The molecule has 0 spiro atoms. The number of isothiocyanates is 1. The minimum atomic E-state index is -0.176. The van der Waals surface area contributed by atoms with Crippen LogP contribution in [0.5, 0.6) is 0 Å². The second-order valence-corrected chi connectivity index (χ2v) is 22.5. The molecule has 6 saturated carbocycles. The van der Waals surface area contributed by atoms with Gasteiger partial charge in [-0.15, -0.1) is 0 Å². The first kappa shape index (κ1) is 62.9. The van der Waals surface area contributed by atoms with Gasteiger partial charge in [-0.05, 0) is 145 Å². The zero-order valence-electron chi connectivity index (χ0n) is 47.4. The van der Waals surface area contributed by atoms with E-state index in [0.29, 0.717) is 75.5 Å². The predicted molar refractivity (Wildman–Crippen MR) is 329 cm³/mol. The third kappa shape index (κ3) is 21.2. The van der Waals surface area contributed by atoms with Crippen molar-refractivity contribution in [1.29, 1.82) is 21.0 Å². The number of nitrogens with zero attached hydrogens (tertiary/aromatic N) is 5. The van der Waals surface area contributed by atoms with Crippen molar-refractivity contribution in [3.8, 4) is 57.7 Å². The zero-order chi connectivity index (χ0) is 58.6. The van der Waals surface area contributed by atoms with Gasteiger partial charge in [-0.1, -0.05) is 176 Å². The number of hydrogen-bond donors (Lipinski definition) is 2. The average molecular weight is 1130 g/mol. The fourth-order valence-electron chi connectivity index (χ4n) is 9.85. The topological polar surface area (TPSA) is 199 Å². The number of thiocarbonyl (C=S) groups is 1. The van der Waals surface area contributed by atoms with Crippen molar-refractivity contribution in [2.75, 3.05) is 13.1 Å². The van der Waals surface area contributed by atoms with Gasteiger partial charge in [0, 0.05) is 12.8 Å². The number of ketones is 1. The van der Waals surface area contributed by atoms with Crippen molar-refractivity contribution >= 4 is 23.2 Å². The molecular formula is C71H76N6O5S. The first-order valence-electron chi connectivity index (χ1n) is 29.0. The number of aliphatic imine (C=N–C) groups is 1. The van der Waals surface area contributed by atoms with Gasteiger partial charge in [-0.2, -0.15) is 21.0 Å². The number of allylic oxidation sites excluding steroid dienone is 1. The number of benzene rings is 6. The van der Waals surface area contributed by atoms with Crippen molar-refractivity contribution in [2.45, 2.75) is 121 Å². The van der Waals surface area contributed by atoms with E-state index in [4.69, 9.17) is 46.1 Å². The average Bonchev–Trinajstić information content (AvgIpc) is 3.47. The molecule has 0 aliphatic heterocycles. The Morgan fingerprint density at radius 3 is 1.07 bits per heavy atom. The number of carbonyl (C=O) groups excluding carboxylic acids is 1. The van der Waals surface area contributed by atoms with Crippen molar-refractivity contribution in [1.82, 2.24) is 0 Å². The van der Waals surface area contributed by atoms with Crippen LogP contribution in [0.1, 0.15) is 93.7 Å². The van der Waals surface area contributed by atoms with Gasteiger partial charge in [-0.25, -0.2) is 4.99 Å². The Labute approximate surface area is 496 Å². The van der Waals surface area contributed by atoms with Crippen LogP contribution in [0.15, 0.2) is 181 Å². The number of rotatable bonds is 15. The van der Waals surface area contributed by atoms with Crippen LogP contribution in [0.2, 0.25) is 0 Å². The number of hydrogen-bond acceptors (Lipinski definition) is 12. The summed E-state index contributed by atoms with van der Waals surface area (Å²) in [6, 6.07) is 65.5. The van der Waals surface area contributed by atoms with Gasteiger partial charge in [0.15, 0.2) is 0 Å². The zero-order valence-corrected chi connectivity index (χ0v) is 48.2. The van der Waals surface area contributed by atoms with Crippen molar-refractivity contribution in [3.63, 3.8) is 0 Å².